The van der Waals surface area contributed by atoms with E-state index < -0.39 is 20.0 Å². The molecule has 0 radical (unpaired) electrons. The van der Waals surface area contributed by atoms with Crippen molar-refractivity contribution in [3.05, 3.63) is 88.2 Å². The van der Waals surface area contributed by atoms with E-state index in [1.165, 1.54) is 10.4 Å². The zero-order valence-electron chi connectivity index (χ0n) is 27.3. The Kier molecular flexibility index (Phi) is 11.8. The summed E-state index contributed by atoms with van der Waals surface area (Å²) < 4.78 is 7.35. The fourth-order valence-corrected chi connectivity index (χ4v) is 12.0. The van der Waals surface area contributed by atoms with Gasteiger partial charge in [-0.15, -0.1) is 0 Å². The Morgan fingerprint density at radius 3 is 2.43 bits per heavy atom. The molecule has 9 nitrogen and oxygen atoms in total. The molecule has 0 spiro atoms. The summed E-state index contributed by atoms with van der Waals surface area (Å²) in [5.41, 5.74) is 6.35. The molecular weight excluding hydrogens is 619 g/mol. The van der Waals surface area contributed by atoms with Crippen LogP contribution in [0, 0.1) is 0 Å². The molecule has 46 heavy (non-hydrogen) atoms. The molecule has 0 fully saturated rings. The summed E-state index contributed by atoms with van der Waals surface area (Å²) in [5.74, 6) is -0.329. The fourth-order valence-electron chi connectivity index (χ4n) is 5.86. The lowest BCUT2D eigenvalue weighted by molar-refractivity contribution is -0.462. The minimum absolute atomic E-state index is 0.0475. The van der Waals surface area contributed by atoms with E-state index in [1.54, 1.807) is 23.9 Å². The van der Waals surface area contributed by atoms with Crippen LogP contribution >= 0.6 is 11.8 Å². The van der Waals surface area contributed by atoms with Crippen molar-refractivity contribution in [3.63, 3.8) is 0 Å². The Labute approximate surface area is 276 Å². The fraction of sp³-hybridized carbons (Fsp3) is 0.371. The van der Waals surface area contributed by atoms with Crippen molar-refractivity contribution in [3.8, 4) is 0 Å². The Balaban J connectivity index is 1.61. The molecule has 0 aromatic heterocycles. The van der Waals surface area contributed by atoms with Gasteiger partial charge in [0.05, 0.1) is 25.2 Å². The lowest BCUT2D eigenvalue weighted by Crippen LogP contribution is -2.52. The van der Waals surface area contributed by atoms with E-state index in [2.05, 4.69) is 57.8 Å². The van der Waals surface area contributed by atoms with E-state index in [-0.39, 0.29) is 31.1 Å². The number of benzene rings is 2. The number of amides is 1. The van der Waals surface area contributed by atoms with Crippen LogP contribution in [0.4, 0.5) is 5.69 Å². The molecule has 2 aromatic rings. The van der Waals surface area contributed by atoms with Crippen LogP contribution in [0.25, 0.3) is 5.57 Å². The van der Waals surface area contributed by atoms with E-state index in [9.17, 15) is 19.5 Å². The van der Waals surface area contributed by atoms with Gasteiger partial charge in [0.2, 0.25) is 5.91 Å². The first kappa shape index (κ1) is 34.9. The Morgan fingerprint density at radius 2 is 1.74 bits per heavy atom. The lowest BCUT2D eigenvalue weighted by atomic mass is 9.87. The van der Waals surface area contributed by atoms with Gasteiger partial charge in [-0.25, -0.2) is 9.37 Å². The molecule has 0 bridgehead atoms. The minimum atomic E-state index is -2.37. The van der Waals surface area contributed by atoms with Gasteiger partial charge in [-0.05, 0) is 68.7 Å². The molecule has 0 saturated carbocycles. The molecule has 1 amide bonds. The summed E-state index contributed by atoms with van der Waals surface area (Å²) in [5, 5.41) is 24.3. The number of nitrogens with one attached hydrogen (secondary N) is 1. The molecule has 0 saturated heterocycles. The van der Waals surface area contributed by atoms with Crippen LogP contribution < -0.4 is 15.4 Å². The molecule has 11 heteroatoms. The number of aliphatic carboxylic acids is 1. The number of fused-ring (bicyclic) bond motifs is 2. The minimum Gasteiger partial charge on any atom is -0.481 e. The molecule has 2 aromatic carbocycles. The predicted molar refractivity (Wildman–Crippen MR) is 189 cm³/mol. The molecule has 3 N–H and O–H groups in total. The second-order valence-corrected chi connectivity index (χ2v) is 17.5. The normalized spacial score (nSPS) is 16.8. The zero-order valence-corrected chi connectivity index (χ0v) is 29.1. The highest BCUT2D eigenvalue weighted by atomic mass is 32.2. The first-order chi connectivity index (χ1) is 21.9. The van der Waals surface area contributed by atoms with Crippen LogP contribution in [-0.4, -0.2) is 106 Å². The number of anilines is 1. The Bertz CT molecular complexity index is 1630. The number of aromatic carboxylic acids is 1. The SMILES string of the molecule is CN(C)c1ccc2c(c1)[Si](C)(CCSCCC(=O)NCCOCCC(=O)O)C1=CC(=[N+](C)C)C=CC1=C2c1ccccc1C(=O)O. The maximum absolute atomic E-state index is 12.4. The number of carbonyl (C=O) groups excluding carboxylic acids is 1. The van der Waals surface area contributed by atoms with Gasteiger partial charge < -0.3 is 25.2 Å². The summed E-state index contributed by atoms with van der Waals surface area (Å²) in [6, 6.07) is 14.8. The number of hydrogen-bond acceptors (Lipinski definition) is 6. The monoisotopic (exact) mass is 662 g/mol. The number of hydrogen-bond donors (Lipinski definition) is 3. The van der Waals surface area contributed by atoms with Crippen molar-refractivity contribution in [1.29, 1.82) is 0 Å². The highest BCUT2D eigenvalue weighted by molar-refractivity contribution is 7.99. The molecule has 1 atom stereocenters. The third-order valence-electron chi connectivity index (χ3n) is 8.44. The molecule has 4 rings (SSSR count). The van der Waals surface area contributed by atoms with E-state index in [4.69, 9.17) is 9.84 Å². The number of nitrogens with zero attached hydrogens (tertiary/aromatic N) is 2. The highest BCUT2D eigenvalue weighted by Gasteiger charge is 2.44. The number of ether oxygens (including phenoxy) is 1. The topological polar surface area (TPSA) is 119 Å². The van der Waals surface area contributed by atoms with E-state index >= 15 is 0 Å². The maximum atomic E-state index is 12.4. The Morgan fingerprint density at radius 1 is 0.978 bits per heavy atom. The van der Waals surface area contributed by atoms with Crippen LogP contribution in [0.5, 0.6) is 0 Å². The summed E-state index contributed by atoms with van der Waals surface area (Å²) in [4.78, 5) is 37.4. The van der Waals surface area contributed by atoms with Crippen LogP contribution in [0.1, 0.15) is 34.3 Å². The van der Waals surface area contributed by atoms with Crippen molar-refractivity contribution in [2.24, 2.45) is 0 Å². The van der Waals surface area contributed by atoms with Crippen molar-refractivity contribution >= 4 is 59.8 Å². The van der Waals surface area contributed by atoms with Crippen LogP contribution in [0.3, 0.4) is 0 Å². The van der Waals surface area contributed by atoms with E-state index in [0.29, 0.717) is 18.7 Å². The average Bonchev–Trinajstić information content (AvgIpc) is 3.02. The molecule has 244 valence electrons. The average molecular weight is 663 g/mol. The summed E-state index contributed by atoms with van der Waals surface area (Å²) in [7, 11) is 5.77. The number of allylic oxidation sites excluding steroid dienone is 5. The van der Waals surface area contributed by atoms with E-state index in [1.807, 2.05) is 40.3 Å². The molecule has 1 aliphatic carbocycles. The van der Waals surface area contributed by atoms with Gasteiger partial charge >= 0.3 is 11.9 Å². The lowest BCUT2D eigenvalue weighted by Gasteiger charge is -2.40. The molecule has 1 aliphatic heterocycles. The number of thioether (sulfide) groups is 1. The van der Waals surface area contributed by atoms with Crippen molar-refractivity contribution in [1.82, 2.24) is 5.32 Å². The number of carboxylic acids is 2. The molecule has 1 unspecified atom stereocenters. The second-order valence-electron chi connectivity index (χ2n) is 12.0. The number of rotatable bonds is 15. The third kappa shape index (κ3) is 8.07. The largest absolute Gasteiger partial charge is 0.481 e. The Hall–Kier alpha value is -3.93. The van der Waals surface area contributed by atoms with E-state index in [0.717, 1.165) is 45.5 Å². The van der Waals surface area contributed by atoms with Crippen molar-refractivity contribution in [2.75, 3.05) is 64.4 Å². The van der Waals surface area contributed by atoms with Gasteiger partial charge in [-0.3, -0.25) is 9.59 Å². The maximum Gasteiger partial charge on any atom is 0.336 e. The summed E-state index contributed by atoms with van der Waals surface area (Å²) >= 11 is 1.77. The first-order valence-electron chi connectivity index (χ1n) is 15.4. The third-order valence-corrected chi connectivity index (χ3v) is 14.2. The number of carbonyl (C=O) groups is 3. The standard InChI is InChI=1S/C35H43N3O6SSi/c1-37(2)24-10-12-28-30(22-24)46(5,21-20-45-19-15-32(39)36-16-18-44-17-14-33(40)41)31-23-25(38(3)4)11-13-29(31)34(28)26-8-6-7-9-27(26)35(42)43/h6-13,22-23H,14-21H2,1-5H3,(H2-,36,39,40,41,42,43)/p+1. The van der Waals surface area contributed by atoms with Gasteiger partial charge in [-0.1, -0.05) is 30.8 Å². The van der Waals surface area contributed by atoms with Gasteiger partial charge in [0.25, 0.3) is 0 Å². The number of carboxylic acid groups (broad SMARTS) is 2. The molecule has 2 aliphatic rings. The summed E-state index contributed by atoms with van der Waals surface area (Å²) in [6.45, 7) is 3.19. The van der Waals surface area contributed by atoms with Gasteiger partial charge in [0.15, 0.2) is 5.71 Å². The quantitative estimate of drug-likeness (QED) is 0.149. The van der Waals surface area contributed by atoms with Crippen LogP contribution in [0.2, 0.25) is 12.6 Å². The van der Waals surface area contributed by atoms with Gasteiger partial charge in [-0.2, -0.15) is 11.8 Å². The predicted octanol–water partition coefficient (Wildman–Crippen LogP) is 4.03. The zero-order chi connectivity index (χ0) is 33.4. The summed E-state index contributed by atoms with van der Waals surface area (Å²) in [6.07, 6.45) is 6.91. The van der Waals surface area contributed by atoms with Crippen LogP contribution in [-0.2, 0) is 14.3 Å². The van der Waals surface area contributed by atoms with Gasteiger partial charge in [0.1, 0.15) is 22.2 Å². The molecule has 1 heterocycles. The van der Waals surface area contributed by atoms with Crippen molar-refractivity contribution in [2.45, 2.75) is 25.4 Å². The van der Waals surface area contributed by atoms with Crippen LogP contribution in [0.15, 0.2) is 71.5 Å². The first-order valence-corrected chi connectivity index (χ1v) is 19.3. The molecular formula is C35H44N3O6SSi+. The van der Waals surface area contributed by atoms with Crippen molar-refractivity contribution < 1.29 is 33.9 Å². The van der Waals surface area contributed by atoms with Gasteiger partial charge in [0, 0.05) is 50.7 Å². The second kappa shape index (κ2) is 15.6. The highest BCUT2D eigenvalue weighted by Crippen LogP contribution is 2.44. The smallest absolute Gasteiger partial charge is 0.336 e.